The predicted molar refractivity (Wildman–Crippen MR) is 111 cm³/mol. The molecule has 158 valence electrons. The molecule has 0 spiro atoms. The van der Waals surface area contributed by atoms with Crippen LogP contribution in [0.3, 0.4) is 0 Å². The number of nitrogens with one attached hydrogen (secondary N) is 1. The van der Waals surface area contributed by atoms with Crippen LogP contribution in [0.1, 0.15) is 50.7 Å². The summed E-state index contributed by atoms with van der Waals surface area (Å²) in [5.74, 6) is -0.278. The van der Waals surface area contributed by atoms with Gasteiger partial charge in [-0.05, 0) is 43.7 Å². The van der Waals surface area contributed by atoms with Crippen LogP contribution in [0.25, 0.3) is 0 Å². The van der Waals surface area contributed by atoms with Crippen molar-refractivity contribution in [2.24, 2.45) is 17.8 Å². The van der Waals surface area contributed by atoms with E-state index in [1.165, 1.54) is 6.42 Å². The third-order valence-electron chi connectivity index (χ3n) is 6.56. The molecule has 1 aromatic carbocycles. The van der Waals surface area contributed by atoms with E-state index in [0.29, 0.717) is 24.1 Å². The van der Waals surface area contributed by atoms with Crippen LogP contribution in [0.15, 0.2) is 18.2 Å². The van der Waals surface area contributed by atoms with Gasteiger partial charge in [-0.2, -0.15) is 0 Å². The minimum absolute atomic E-state index is 0.0256. The molecule has 6 nitrogen and oxygen atoms in total. The van der Waals surface area contributed by atoms with E-state index in [1.54, 1.807) is 0 Å². The standard InChI is InChI=1S/C23H32N2O4/c1-14-8-9-19(16(3)10-14)24-21(26)13-29-23(28)18-11-22(27)25(12-18)20-7-5-6-15(2)17(20)4/h8-10,15,17-18,20H,5-7,11-13H2,1-4H3,(H,24,26)/t15-,17-,18+,20+/m0/s1. The summed E-state index contributed by atoms with van der Waals surface area (Å²) in [7, 11) is 0. The van der Waals surface area contributed by atoms with Gasteiger partial charge in [0, 0.05) is 24.7 Å². The Morgan fingerprint density at radius 3 is 2.69 bits per heavy atom. The van der Waals surface area contributed by atoms with Gasteiger partial charge in [0.1, 0.15) is 0 Å². The molecule has 0 radical (unpaired) electrons. The van der Waals surface area contributed by atoms with Crippen LogP contribution in [0.2, 0.25) is 0 Å². The average Bonchev–Trinajstić information content (AvgIpc) is 3.06. The zero-order valence-electron chi connectivity index (χ0n) is 17.9. The number of nitrogens with zero attached hydrogens (tertiary/aromatic N) is 1. The zero-order valence-corrected chi connectivity index (χ0v) is 17.9. The summed E-state index contributed by atoms with van der Waals surface area (Å²) in [5.41, 5.74) is 2.78. The Morgan fingerprint density at radius 1 is 1.21 bits per heavy atom. The topological polar surface area (TPSA) is 75.7 Å². The second-order valence-corrected chi connectivity index (χ2v) is 8.76. The molecule has 1 aliphatic heterocycles. The summed E-state index contributed by atoms with van der Waals surface area (Å²) in [5, 5.41) is 2.77. The van der Waals surface area contributed by atoms with Gasteiger partial charge in [-0.15, -0.1) is 0 Å². The first-order valence-electron chi connectivity index (χ1n) is 10.6. The van der Waals surface area contributed by atoms with Gasteiger partial charge in [0.2, 0.25) is 5.91 Å². The van der Waals surface area contributed by atoms with Gasteiger partial charge in [0.25, 0.3) is 5.91 Å². The van der Waals surface area contributed by atoms with Gasteiger partial charge >= 0.3 is 5.97 Å². The number of carbonyl (C=O) groups is 3. The number of rotatable bonds is 5. The first-order chi connectivity index (χ1) is 13.8. The van der Waals surface area contributed by atoms with Crippen molar-refractivity contribution in [3.05, 3.63) is 29.3 Å². The smallest absolute Gasteiger partial charge is 0.311 e. The van der Waals surface area contributed by atoms with Crippen LogP contribution in [0.5, 0.6) is 0 Å². The van der Waals surface area contributed by atoms with E-state index in [-0.39, 0.29) is 30.9 Å². The molecule has 2 fully saturated rings. The van der Waals surface area contributed by atoms with Crippen molar-refractivity contribution in [1.82, 2.24) is 4.90 Å². The normalized spacial score (nSPS) is 27.0. The lowest BCUT2D eigenvalue weighted by atomic mass is 9.77. The Labute approximate surface area is 173 Å². The van der Waals surface area contributed by atoms with Crippen molar-refractivity contribution in [2.75, 3.05) is 18.5 Å². The van der Waals surface area contributed by atoms with Gasteiger partial charge in [-0.25, -0.2) is 0 Å². The van der Waals surface area contributed by atoms with Crippen molar-refractivity contribution in [3.63, 3.8) is 0 Å². The zero-order chi connectivity index (χ0) is 21.1. The molecule has 1 heterocycles. The predicted octanol–water partition coefficient (Wildman–Crippen LogP) is 3.46. The Balaban J connectivity index is 1.51. The fraction of sp³-hybridized carbons (Fsp3) is 0.609. The van der Waals surface area contributed by atoms with Gasteiger partial charge in [-0.3, -0.25) is 14.4 Å². The van der Waals surface area contributed by atoms with E-state index in [9.17, 15) is 14.4 Å². The Hall–Kier alpha value is -2.37. The number of esters is 1. The van der Waals surface area contributed by atoms with Gasteiger partial charge in [0.05, 0.1) is 5.92 Å². The lowest BCUT2D eigenvalue weighted by Crippen LogP contribution is -2.45. The second kappa shape index (κ2) is 8.97. The van der Waals surface area contributed by atoms with Crippen molar-refractivity contribution in [2.45, 2.75) is 59.4 Å². The van der Waals surface area contributed by atoms with Crippen molar-refractivity contribution < 1.29 is 19.1 Å². The number of ether oxygens (including phenoxy) is 1. The fourth-order valence-corrected chi connectivity index (χ4v) is 4.60. The van der Waals surface area contributed by atoms with Gasteiger partial charge in [0.15, 0.2) is 6.61 Å². The monoisotopic (exact) mass is 400 g/mol. The highest BCUT2D eigenvalue weighted by Crippen LogP contribution is 2.35. The molecule has 2 aliphatic rings. The molecule has 0 aromatic heterocycles. The van der Waals surface area contributed by atoms with E-state index >= 15 is 0 Å². The number of likely N-dealkylation sites (tertiary alicyclic amines) is 1. The van der Waals surface area contributed by atoms with Crippen LogP contribution in [0.4, 0.5) is 5.69 Å². The molecular weight excluding hydrogens is 368 g/mol. The molecule has 1 saturated carbocycles. The van der Waals surface area contributed by atoms with E-state index < -0.39 is 11.9 Å². The van der Waals surface area contributed by atoms with E-state index in [4.69, 9.17) is 4.74 Å². The lowest BCUT2D eigenvalue weighted by Gasteiger charge is -2.39. The SMILES string of the molecule is Cc1ccc(NC(=O)COC(=O)[C@@H]2CC(=O)N([C@@H]3CCC[C@H](C)[C@@H]3C)C2)c(C)c1. The third-order valence-corrected chi connectivity index (χ3v) is 6.56. The summed E-state index contributed by atoms with van der Waals surface area (Å²) in [6, 6.07) is 5.94. The maximum atomic E-state index is 12.5. The highest BCUT2D eigenvalue weighted by atomic mass is 16.5. The van der Waals surface area contributed by atoms with E-state index in [1.807, 2.05) is 36.9 Å². The minimum Gasteiger partial charge on any atom is -0.455 e. The minimum atomic E-state index is -0.485. The molecule has 0 unspecified atom stereocenters. The summed E-state index contributed by atoms with van der Waals surface area (Å²) in [4.78, 5) is 39.0. The highest BCUT2D eigenvalue weighted by Gasteiger charge is 2.42. The molecule has 1 aromatic rings. The largest absolute Gasteiger partial charge is 0.455 e. The highest BCUT2D eigenvalue weighted by molar-refractivity contribution is 5.94. The van der Waals surface area contributed by atoms with E-state index in [0.717, 1.165) is 24.0 Å². The lowest BCUT2D eigenvalue weighted by molar-refractivity contribution is -0.151. The summed E-state index contributed by atoms with van der Waals surface area (Å²) >= 11 is 0. The number of anilines is 1. The van der Waals surface area contributed by atoms with E-state index in [2.05, 4.69) is 19.2 Å². The molecule has 2 amide bonds. The Kier molecular flexibility index (Phi) is 6.60. The molecule has 4 atom stereocenters. The van der Waals surface area contributed by atoms with Crippen LogP contribution in [-0.2, 0) is 19.1 Å². The first-order valence-corrected chi connectivity index (χ1v) is 10.6. The van der Waals surface area contributed by atoms with Crippen molar-refractivity contribution in [1.29, 1.82) is 0 Å². The molecule has 29 heavy (non-hydrogen) atoms. The number of amides is 2. The number of hydrogen-bond acceptors (Lipinski definition) is 4. The molecule has 6 heteroatoms. The van der Waals surface area contributed by atoms with Gasteiger partial charge in [-0.1, -0.05) is 44.4 Å². The molecule has 1 N–H and O–H groups in total. The van der Waals surface area contributed by atoms with Crippen LogP contribution in [-0.4, -0.2) is 41.9 Å². The third kappa shape index (κ3) is 4.98. The summed E-state index contributed by atoms with van der Waals surface area (Å²) < 4.78 is 5.23. The van der Waals surface area contributed by atoms with Crippen LogP contribution in [0, 0.1) is 31.6 Å². The molecule has 1 saturated heterocycles. The number of aryl methyl sites for hydroxylation is 2. The van der Waals surface area contributed by atoms with Crippen molar-refractivity contribution >= 4 is 23.5 Å². The second-order valence-electron chi connectivity index (χ2n) is 8.76. The van der Waals surface area contributed by atoms with Gasteiger partial charge < -0.3 is 15.0 Å². The first kappa shape index (κ1) is 21.3. The van der Waals surface area contributed by atoms with Crippen LogP contribution >= 0.6 is 0 Å². The number of hydrogen-bond donors (Lipinski definition) is 1. The summed E-state index contributed by atoms with van der Waals surface area (Å²) in [6.45, 7) is 8.40. The molecule has 0 bridgehead atoms. The number of carbonyl (C=O) groups excluding carboxylic acids is 3. The quantitative estimate of drug-likeness (QED) is 0.768. The molecule has 3 rings (SSSR count). The average molecular weight is 401 g/mol. The Bertz CT molecular complexity index is 791. The maximum Gasteiger partial charge on any atom is 0.311 e. The number of benzene rings is 1. The van der Waals surface area contributed by atoms with Crippen molar-refractivity contribution in [3.8, 4) is 0 Å². The Morgan fingerprint density at radius 2 is 1.97 bits per heavy atom. The molecule has 1 aliphatic carbocycles. The summed E-state index contributed by atoms with van der Waals surface area (Å²) in [6.07, 6.45) is 3.49. The van der Waals surface area contributed by atoms with Crippen LogP contribution < -0.4 is 5.32 Å². The molecular formula is C23H32N2O4. The fourth-order valence-electron chi connectivity index (χ4n) is 4.60. The maximum absolute atomic E-state index is 12.5.